The van der Waals surface area contributed by atoms with Gasteiger partial charge in [-0.15, -0.1) is 0 Å². The van der Waals surface area contributed by atoms with Gasteiger partial charge >= 0.3 is 0 Å². The summed E-state index contributed by atoms with van der Waals surface area (Å²) in [5.41, 5.74) is 1.16. The van der Waals surface area contributed by atoms with Crippen molar-refractivity contribution in [3.8, 4) is 0 Å². The molecule has 2 fully saturated rings. The highest BCUT2D eigenvalue weighted by Gasteiger charge is 2.39. The number of morpholine rings is 1. The number of pyridine rings is 1. The van der Waals surface area contributed by atoms with E-state index in [0.29, 0.717) is 18.1 Å². The number of nitrogens with zero attached hydrogens (tertiary/aromatic N) is 5. The van der Waals surface area contributed by atoms with Crippen molar-refractivity contribution in [2.75, 3.05) is 26.2 Å². The van der Waals surface area contributed by atoms with E-state index in [9.17, 15) is 4.79 Å². The van der Waals surface area contributed by atoms with Crippen molar-refractivity contribution >= 4 is 17.5 Å². The fourth-order valence-electron chi connectivity index (χ4n) is 3.61. The maximum Gasteiger partial charge on any atom is 0.291 e. The Morgan fingerprint density at radius 1 is 1.27 bits per heavy atom. The van der Waals surface area contributed by atoms with Crippen LogP contribution in [0, 0.1) is 0 Å². The van der Waals surface area contributed by atoms with E-state index in [1.54, 1.807) is 6.20 Å². The summed E-state index contributed by atoms with van der Waals surface area (Å²) in [6.45, 7) is 3.62. The highest BCUT2D eigenvalue weighted by molar-refractivity contribution is 6.30. The number of halogens is 1. The first kappa shape index (κ1) is 17.3. The van der Waals surface area contributed by atoms with Crippen LogP contribution in [0.25, 0.3) is 0 Å². The molecule has 4 heterocycles. The lowest BCUT2D eigenvalue weighted by atomic mass is 9.98. The summed E-state index contributed by atoms with van der Waals surface area (Å²) in [6, 6.07) is 4.18. The van der Waals surface area contributed by atoms with E-state index in [1.165, 1.54) is 12.4 Å². The second-order valence-corrected chi connectivity index (χ2v) is 7.01. The van der Waals surface area contributed by atoms with E-state index in [-0.39, 0.29) is 23.9 Å². The van der Waals surface area contributed by atoms with Crippen molar-refractivity contribution in [3.63, 3.8) is 0 Å². The van der Waals surface area contributed by atoms with Crippen molar-refractivity contribution in [2.45, 2.75) is 25.1 Å². The Kier molecular flexibility index (Phi) is 5.10. The number of hydrogen-bond donors (Lipinski definition) is 0. The first-order valence-corrected chi connectivity index (χ1v) is 9.10. The predicted molar refractivity (Wildman–Crippen MR) is 95.7 cm³/mol. The van der Waals surface area contributed by atoms with Gasteiger partial charge < -0.3 is 9.64 Å². The van der Waals surface area contributed by atoms with E-state index in [4.69, 9.17) is 16.3 Å². The van der Waals surface area contributed by atoms with Gasteiger partial charge in [-0.3, -0.25) is 14.7 Å². The molecule has 0 saturated carbocycles. The van der Waals surface area contributed by atoms with Gasteiger partial charge in [-0.1, -0.05) is 17.7 Å². The second kappa shape index (κ2) is 7.65. The molecule has 0 aliphatic carbocycles. The Balaban J connectivity index is 1.48. The molecule has 136 valence electrons. The molecule has 1 amide bonds. The topological polar surface area (TPSA) is 71.5 Å². The Bertz CT molecular complexity index is 758. The first-order valence-electron chi connectivity index (χ1n) is 8.72. The van der Waals surface area contributed by atoms with Crippen LogP contribution in [0.4, 0.5) is 0 Å². The number of likely N-dealkylation sites (tertiary alicyclic amines) is 1. The molecule has 2 aromatic rings. The molecule has 2 atom stereocenters. The molecule has 2 aromatic heterocycles. The fraction of sp³-hybridized carbons (Fsp3) is 0.444. The number of hydrogen-bond acceptors (Lipinski definition) is 6. The molecular weight excluding hydrogens is 354 g/mol. The summed E-state index contributed by atoms with van der Waals surface area (Å²) < 4.78 is 5.96. The van der Waals surface area contributed by atoms with Crippen LogP contribution in [0.2, 0.25) is 5.02 Å². The number of aromatic nitrogens is 3. The van der Waals surface area contributed by atoms with Crippen LogP contribution in [0.3, 0.4) is 0 Å². The minimum atomic E-state index is -0.160. The highest BCUT2D eigenvalue weighted by atomic mass is 35.5. The summed E-state index contributed by atoms with van der Waals surface area (Å²) in [5.74, 6) is 0.0235. The van der Waals surface area contributed by atoms with Gasteiger partial charge in [-0.2, -0.15) is 0 Å². The number of carbonyl (C=O) groups is 1. The maximum absolute atomic E-state index is 12.7. The number of amides is 1. The van der Waals surface area contributed by atoms with Gasteiger partial charge in [0.15, 0.2) is 0 Å². The summed E-state index contributed by atoms with van der Waals surface area (Å²) in [7, 11) is 0. The van der Waals surface area contributed by atoms with Crippen LogP contribution in [0.5, 0.6) is 0 Å². The molecule has 4 rings (SSSR count). The lowest BCUT2D eigenvalue weighted by molar-refractivity contribution is -0.101. The Hall–Kier alpha value is -2.09. The number of carbonyl (C=O) groups excluding carboxylic acids is 1. The molecule has 0 spiro atoms. The van der Waals surface area contributed by atoms with Crippen LogP contribution in [0.1, 0.15) is 22.6 Å². The minimum absolute atomic E-state index is 0.149. The largest absolute Gasteiger partial charge is 0.375 e. The molecule has 7 nitrogen and oxygen atoms in total. The highest BCUT2D eigenvalue weighted by Crippen LogP contribution is 2.25. The van der Waals surface area contributed by atoms with Crippen LogP contribution in [0.15, 0.2) is 36.9 Å². The number of rotatable bonds is 3. The van der Waals surface area contributed by atoms with Crippen LogP contribution >= 0.6 is 11.6 Å². The number of piperidine rings is 1. The minimum Gasteiger partial charge on any atom is -0.375 e. The summed E-state index contributed by atoms with van der Waals surface area (Å²) in [4.78, 5) is 29.2. The molecule has 8 heteroatoms. The van der Waals surface area contributed by atoms with Gasteiger partial charge in [0, 0.05) is 51.0 Å². The monoisotopic (exact) mass is 373 g/mol. The number of fused-ring (bicyclic) bond motifs is 1. The van der Waals surface area contributed by atoms with Gasteiger partial charge in [-0.25, -0.2) is 9.97 Å². The average Bonchev–Trinajstić information content (AvgIpc) is 2.69. The number of ether oxygens (including phenoxy) is 1. The molecule has 2 aliphatic rings. The lowest BCUT2D eigenvalue weighted by Crippen LogP contribution is -2.60. The average molecular weight is 374 g/mol. The zero-order valence-electron chi connectivity index (χ0n) is 14.3. The third-order valence-corrected chi connectivity index (χ3v) is 5.10. The van der Waals surface area contributed by atoms with Crippen LogP contribution in [-0.2, 0) is 11.3 Å². The van der Waals surface area contributed by atoms with Crippen LogP contribution in [-0.4, -0.2) is 69.0 Å². The quantitative estimate of drug-likeness (QED) is 0.814. The van der Waals surface area contributed by atoms with Crippen molar-refractivity contribution < 1.29 is 9.53 Å². The van der Waals surface area contributed by atoms with Crippen molar-refractivity contribution in [1.82, 2.24) is 24.8 Å². The molecule has 2 saturated heterocycles. The SMILES string of the molecule is O=C(c1ncc(Cl)cn1)N1CC[C@@H]2OCCN(Cc3cccnc3)[C@H]2C1. The standard InChI is InChI=1S/C18H20ClN5O2/c19-14-9-21-17(22-10-14)18(25)24-5-3-16-15(12-24)23(6-7-26-16)11-13-2-1-4-20-8-13/h1-2,4,8-10,15-16H,3,5-7,11-12H2/t15-,16-/m0/s1. The molecule has 0 unspecified atom stereocenters. The fourth-order valence-corrected chi connectivity index (χ4v) is 3.71. The molecule has 0 bridgehead atoms. The Labute approximate surface area is 157 Å². The van der Waals surface area contributed by atoms with Crippen molar-refractivity contribution in [1.29, 1.82) is 0 Å². The van der Waals surface area contributed by atoms with Gasteiger partial charge in [0.1, 0.15) is 0 Å². The smallest absolute Gasteiger partial charge is 0.291 e. The summed E-state index contributed by atoms with van der Waals surface area (Å²) in [5, 5.41) is 0.420. The van der Waals surface area contributed by atoms with Gasteiger partial charge in [0.25, 0.3) is 5.91 Å². The molecule has 26 heavy (non-hydrogen) atoms. The maximum atomic E-state index is 12.7. The molecule has 0 aromatic carbocycles. The van der Waals surface area contributed by atoms with Gasteiger partial charge in [0.05, 0.1) is 23.8 Å². The third kappa shape index (κ3) is 3.70. The normalized spacial score (nSPS) is 23.5. The zero-order valence-corrected chi connectivity index (χ0v) is 15.0. The van der Waals surface area contributed by atoms with Crippen LogP contribution < -0.4 is 0 Å². The van der Waals surface area contributed by atoms with E-state index in [1.807, 2.05) is 17.2 Å². The van der Waals surface area contributed by atoms with E-state index < -0.39 is 0 Å². The lowest BCUT2D eigenvalue weighted by Gasteiger charge is -2.47. The van der Waals surface area contributed by atoms with Gasteiger partial charge in [-0.05, 0) is 18.1 Å². The van der Waals surface area contributed by atoms with E-state index in [2.05, 4.69) is 25.9 Å². The second-order valence-electron chi connectivity index (χ2n) is 6.57. The molecule has 0 N–H and O–H groups in total. The van der Waals surface area contributed by atoms with E-state index >= 15 is 0 Å². The summed E-state index contributed by atoms with van der Waals surface area (Å²) >= 11 is 5.81. The Morgan fingerprint density at radius 2 is 2.12 bits per heavy atom. The van der Waals surface area contributed by atoms with Gasteiger partial charge in [0.2, 0.25) is 5.82 Å². The molecule has 2 aliphatic heterocycles. The van der Waals surface area contributed by atoms with Crippen molar-refractivity contribution in [2.24, 2.45) is 0 Å². The zero-order chi connectivity index (χ0) is 17.9. The van der Waals surface area contributed by atoms with E-state index in [0.717, 1.165) is 31.7 Å². The first-order chi connectivity index (χ1) is 12.7. The third-order valence-electron chi connectivity index (χ3n) is 4.91. The summed E-state index contributed by atoms with van der Waals surface area (Å²) in [6.07, 6.45) is 7.53. The van der Waals surface area contributed by atoms with Crippen molar-refractivity contribution in [3.05, 3.63) is 53.3 Å². The predicted octanol–water partition coefficient (Wildman–Crippen LogP) is 1.64. The Morgan fingerprint density at radius 3 is 2.88 bits per heavy atom. The molecule has 0 radical (unpaired) electrons. The molecular formula is C18H20ClN5O2.